The van der Waals surface area contributed by atoms with E-state index in [9.17, 15) is 14.7 Å². The van der Waals surface area contributed by atoms with Gasteiger partial charge in [-0.15, -0.1) is 0 Å². The van der Waals surface area contributed by atoms with Gasteiger partial charge in [0.05, 0.1) is 24.0 Å². The van der Waals surface area contributed by atoms with Gasteiger partial charge in [-0.05, 0) is 30.5 Å². The lowest BCUT2D eigenvalue weighted by Gasteiger charge is -2.23. The molecule has 3 heterocycles. The van der Waals surface area contributed by atoms with Crippen molar-refractivity contribution in [2.75, 3.05) is 0 Å². The van der Waals surface area contributed by atoms with Gasteiger partial charge < -0.3 is 15.2 Å². The summed E-state index contributed by atoms with van der Waals surface area (Å²) >= 11 is 0. The third-order valence-corrected chi connectivity index (χ3v) is 4.08. The number of nitrogens with zero attached hydrogens (tertiary/aromatic N) is 1. The molecular weight excluding hydrogens is 260 g/mol. The number of carbonyl (C=O) groups excluding carboxylic acids is 1. The third-order valence-electron chi connectivity index (χ3n) is 4.08. The number of rotatable bonds is 4. The summed E-state index contributed by atoms with van der Waals surface area (Å²) in [7, 11) is 0. The monoisotopic (exact) mass is 276 g/mol. The number of hydrogen-bond acceptors (Lipinski definition) is 4. The molecule has 6 heteroatoms. The normalized spacial score (nSPS) is 31.2. The molecule has 2 aliphatic rings. The van der Waals surface area contributed by atoms with E-state index in [1.54, 1.807) is 12.4 Å². The van der Waals surface area contributed by atoms with Gasteiger partial charge in [0.2, 0.25) is 5.91 Å². The summed E-state index contributed by atoms with van der Waals surface area (Å²) in [5.74, 6) is -2.47. The average molecular weight is 276 g/mol. The molecule has 1 aromatic rings. The first-order valence-electron chi connectivity index (χ1n) is 6.71. The van der Waals surface area contributed by atoms with E-state index in [4.69, 9.17) is 4.74 Å². The van der Waals surface area contributed by atoms with Crippen LogP contribution >= 0.6 is 0 Å². The maximum atomic E-state index is 12.3. The number of aromatic nitrogens is 1. The molecule has 2 bridgehead atoms. The van der Waals surface area contributed by atoms with E-state index in [-0.39, 0.29) is 18.1 Å². The van der Waals surface area contributed by atoms with Crippen molar-refractivity contribution in [3.05, 3.63) is 30.1 Å². The molecule has 0 spiro atoms. The number of ether oxygens (including phenoxy) is 1. The molecule has 2 fully saturated rings. The fourth-order valence-corrected chi connectivity index (χ4v) is 3.13. The van der Waals surface area contributed by atoms with Crippen LogP contribution in [0, 0.1) is 11.8 Å². The molecule has 20 heavy (non-hydrogen) atoms. The van der Waals surface area contributed by atoms with Gasteiger partial charge in [0.25, 0.3) is 0 Å². The summed E-state index contributed by atoms with van der Waals surface area (Å²) in [6.07, 6.45) is 4.25. The molecule has 1 amide bonds. The Kier molecular flexibility index (Phi) is 3.40. The minimum atomic E-state index is -0.943. The van der Waals surface area contributed by atoms with Crippen LogP contribution in [0.15, 0.2) is 24.5 Å². The largest absolute Gasteiger partial charge is 0.481 e. The van der Waals surface area contributed by atoms with Crippen molar-refractivity contribution in [2.45, 2.75) is 31.6 Å². The van der Waals surface area contributed by atoms with Gasteiger partial charge in [-0.2, -0.15) is 0 Å². The standard InChI is InChI=1S/C14H16N2O4/c17-13(16-7-8-3-5-15-6-4-8)11-9-1-2-10(20-9)12(11)14(18)19/h3-6,9-12H,1-2,7H2,(H,16,17)(H,18,19)/t9-,10+,11?,12?/m1/s1. The van der Waals surface area contributed by atoms with Crippen LogP contribution in [0.5, 0.6) is 0 Å². The lowest BCUT2D eigenvalue weighted by Crippen LogP contribution is -2.43. The number of hydrogen-bond donors (Lipinski definition) is 2. The zero-order valence-corrected chi connectivity index (χ0v) is 10.9. The smallest absolute Gasteiger partial charge is 0.310 e. The predicted molar refractivity (Wildman–Crippen MR) is 68.6 cm³/mol. The molecule has 1 aromatic heterocycles. The van der Waals surface area contributed by atoms with Gasteiger partial charge in [0.15, 0.2) is 0 Å². The topological polar surface area (TPSA) is 88.5 Å². The molecule has 2 saturated heterocycles. The molecule has 0 radical (unpaired) electrons. The highest BCUT2D eigenvalue weighted by molar-refractivity contribution is 5.86. The Balaban J connectivity index is 1.66. The molecule has 2 aliphatic heterocycles. The Bertz CT molecular complexity index is 519. The second-order valence-corrected chi connectivity index (χ2v) is 5.25. The van der Waals surface area contributed by atoms with Gasteiger partial charge in [0.1, 0.15) is 0 Å². The second kappa shape index (κ2) is 5.20. The van der Waals surface area contributed by atoms with E-state index < -0.39 is 17.8 Å². The maximum absolute atomic E-state index is 12.3. The molecule has 106 valence electrons. The molecular formula is C14H16N2O4. The minimum absolute atomic E-state index is 0.235. The summed E-state index contributed by atoms with van der Waals surface area (Å²) in [5.41, 5.74) is 0.935. The summed E-state index contributed by atoms with van der Waals surface area (Å²) in [4.78, 5) is 27.5. The quantitative estimate of drug-likeness (QED) is 0.839. The van der Waals surface area contributed by atoms with E-state index in [0.717, 1.165) is 18.4 Å². The number of nitrogens with one attached hydrogen (secondary N) is 1. The summed E-state index contributed by atoms with van der Waals surface area (Å²) in [5, 5.41) is 12.1. The Morgan fingerprint density at radius 2 is 1.90 bits per heavy atom. The van der Waals surface area contributed by atoms with Crippen molar-refractivity contribution < 1.29 is 19.4 Å². The zero-order chi connectivity index (χ0) is 14.1. The maximum Gasteiger partial charge on any atom is 0.310 e. The fourth-order valence-electron chi connectivity index (χ4n) is 3.13. The highest BCUT2D eigenvalue weighted by Gasteiger charge is 2.55. The summed E-state index contributed by atoms with van der Waals surface area (Å²) in [6, 6.07) is 3.62. The third kappa shape index (κ3) is 2.27. The highest BCUT2D eigenvalue weighted by Crippen LogP contribution is 2.43. The molecule has 0 saturated carbocycles. The van der Waals surface area contributed by atoms with E-state index >= 15 is 0 Å². The first-order chi connectivity index (χ1) is 9.66. The van der Waals surface area contributed by atoms with E-state index in [1.807, 2.05) is 12.1 Å². The van der Waals surface area contributed by atoms with Crippen molar-refractivity contribution in [3.63, 3.8) is 0 Å². The second-order valence-electron chi connectivity index (χ2n) is 5.25. The van der Waals surface area contributed by atoms with Crippen molar-refractivity contribution in [1.29, 1.82) is 0 Å². The number of carboxylic acid groups (broad SMARTS) is 1. The van der Waals surface area contributed by atoms with Gasteiger partial charge in [-0.1, -0.05) is 0 Å². The molecule has 0 aromatic carbocycles. The van der Waals surface area contributed by atoms with Crippen molar-refractivity contribution in [3.8, 4) is 0 Å². The molecule has 2 N–H and O–H groups in total. The summed E-state index contributed by atoms with van der Waals surface area (Å²) < 4.78 is 5.58. The number of pyridine rings is 1. The Morgan fingerprint density at radius 3 is 2.55 bits per heavy atom. The molecule has 0 aliphatic carbocycles. The van der Waals surface area contributed by atoms with Gasteiger partial charge in [0, 0.05) is 18.9 Å². The number of amides is 1. The number of carboxylic acids is 1. The SMILES string of the molecule is O=C(O)C1C(C(=O)NCc2ccncc2)[C@H]2CC[C@@H]1O2. The highest BCUT2D eigenvalue weighted by atomic mass is 16.5. The fraction of sp³-hybridized carbons (Fsp3) is 0.500. The van der Waals surface area contributed by atoms with Crippen LogP contribution in [0.2, 0.25) is 0 Å². The summed E-state index contributed by atoms with van der Waals surface area (Å²) in [6.45, 7) is 0.377. The average Bonchev–Trinajstić information content (AvgIpc) is 3.06. The van der Waals surface area contributed by atoms with Crippen LogP contribution in [0.1, 0.15) is 18.4 Å². The van der Waals surface area contributed by atoms with Crippen molar-refractivity contribution in [1.82, 2.24) is 10.3 Å². The van der Waals surface area contributed by atoms with Crippen LogP contribution in [-0.2, 0) is 20.9 Å². The minimum Gasteiger partial charge on any atom is -0.481 e. The number of fused-ring (bicyclic) bond motifs is 2. The van der Waals surface area contributed by atoms with Gasteiger partial charge >= 0.3 is 5.97 Å². The molecule has 3 rings (SSSR count). The first-order valence-corrected chi connectivity index (χ1v) is 6.71. The lowest BCUT2D eigenvalue weighted by atomic mass is 9.78. The zero-order valence-electron chi connectivity index (χ0n) is 10.9. The first kappa shape index (κ1) is 13.1. The van der Waals surface area contributed by atoms with Crippen LogP contribution in [0.3, 0.4) is 0 Å². The van der Waals surface area contributed by atoms with Crippen molar-refractivity contribution in [2.24, 2.45) is 11.8 Å². The van der Waals surface area contributed by atoms with E-state index in [2.05, 4.69) is 10.3 Å². The Labute approximate surface area is 116 Å². The number of aliphatic carboxylic acids is 1. The van der Waals surface area contributed by atoms with Crippen LogP contribution in [-0.4, -0.2) is 34.2 Å². The molecule has 6 nitrogen and oxygen atoms in total. The van der Waals surface area contributed by atoms with Crippen LogP contribution in [0.25, 0.3) is 0 Å². The van der Waals surface area contributed by atoms with Crippen LogP contribution in [0.4, 0.5) is 0 Å². The van der Waals surface area contributed by atoms with Gasteiger partial charge in [-0.25, -0.2) is 0 Å². The molecule has 2 unspecified atom stereocenters. The Morgan fingerprint density at radius 1 is 1.25 bits per heavy atom. The van der Waals surface area contributed by atoms with E-state index in [0.29, 0.717) is 6.54 Å². The van der Waals surface area contributed by atoms with Gasteiger partial charge in [-0.3, -0.25) is 14.6 Å². The molecule has 4 atom stereocenters. The van der Waals surface area contributed by atoms with Crippen LogP contribution < -0.4 is 5.32 Å². The predicted octanol–water partition coefficient (Wildman–Crippen LogP) is 0.576. The van der Waals surface area contributed by atoms with E-state index in [1.165, 1.54) is 0 Å². The lowest BCUT2D eigenvalue weighted by molar-refractivity contribution is -0.147. The number of carbonyl (C=O) groups is 2. The van der Waals surface area contributed by atoms with Crippen molar-refractivity contribution >= 4 is 11.9 Å². The Hall–Kier alpha value is -1.95.